The molecule has 0 aliphatic heterocycles. The van der Waals surface area contributed by atoms with Gasteiger partial charge in [0.05, 0.1) is 11.6 Å². The number of carbonyl (C=O) groups excluding carboxylic acids is 1. The van der Waals surface area contributed by atoms with Gasteiger partial charge in [-0.1, -0.05) is 6.07 Å². The molecule has 1 aliphatic rings. The zero-order valence-electron chi connectivity index (χ0n) is 7.73. The monoisotopic (exact) mass is 175 g/mol. The number of rotatable bonds is 3. The van der Waals surface area contributed by atoms with Crippen LogP contribution < -0.4 is 0 Å². The first-order valence-electron chi connectivity index (χ1n) is 4.73. The normalized spacial score (nSPS) is 18.2. The molecule has 0 amide bonds. The largest absolute Gasteiger partial charge is 0.299 e. The lowest BCUT2D eigenvalue weighted by molar-refractivity contribution is -0.121. The van der Waals surface area contributed by atoms with E-state index in [2.05, 4.69) is 4.98 Å². The SMILES string of the molecule is CC(C(=O)C1CC1)c1ccccn1. The number of pyridine rings is 1. The summed E-state index contributed by atoms with van der Waals surface area (Å²) in [7, 11) is 0. The Morgan fingerprint density at radius 2 is 2.31 bits per heavy atom. The average Bonchev–Trinajstić information content (AvgIpc) is 3.00. The molecule has 0 aromatic carbocycles. The van der Waals surface area contributed by atoms with Crippen molar-refractivity contribution in [3.8, 4) is 0 Å². The Balaban J connectivity index is 2.12. The Kier molecular flexibility index (Phi) is 2.13. The Morgan fingerprint density at radius 1 is 1.54 bits per heavy atom. The molecule has 1 aromatic rings. The van der Waals surface area contributed by atoms with E-state index in [-0.39, 0.29) is 5.92 Å². The average molecular weight is 175 g/mol. The van der Waals surface area contributed by atoms with Gasteiger partial charge < -0.3 is 0 Å². The van der Waals surface area contributed by atoms with Crippen molar-refractivity contribution in [2.75, 3.05) is 0 Å². The van der Waals surface area contributed by atoms with Crippen LogP contribution in [0.2, 0.25) is 0 Å². The molecule has 0 spiro atoms. The van der Waals surface area contributed by atoms with Gasteiger partial charge in [0, 0.05) is 12.1 Å². The third-order valence-corrected chi connectivity index (χ3v) is 2.54. The molecule has 2 heteroatoms. The first-order chi connectivity index (χ1) is 6.29. The summed E-state index contributed by atoms with van der Waals surface area (Å²) in [6.45, 7) is 1.95. The van der Waals surface area contributed by atoms with Gasteiger partial charge in [-0.05, 0) is 31.9 Å². The number of hydrogen-bond donors (Lipinski definition) is 0. The lowest BCUT2D eigenvalue weighted by Crippen LogP contribution is -2.11. The van der Waals surface area contributed by atoms with E-state index in [1.807, 2.05) is 25.1 Å². The predicted octanol–water partition coefficient (Wildman–Crippen LogP) is 2.16. The van der Waals surface area contributed by atoms with Crippen molar-refractivity contribution >= 4 is 5.78 Å². The lowest BCUT2D eigenvalue weighted by Gasteiger charge is -2.07. The summed E-state index contributed by atoms with van der Waals surface area (Å²) < 4.78 is 0. The smallest absolute Gasteiger partial charge is 0.144 e. The van der Waals surface area contributed by atoms with E-state index in [0.29, 0.717) is 11.7 Å². The molecule has 1 aromatic heterocycles. The zero-order valence-corrected chi connectivity index (χ0v) is 7.73. The highest BCUT2D eigenvalue weighted by atomic mass is 16.1. The number of nitrogens with zero attached hydrogens (tertiary/aromatic N) is 1. The van der Waals surface area contributed by atoms with Crippen LogP contribution in [-0.2, 0) is 4.79 Å². The van der Waals surface area contributed by atoms with E-state index in [4.69, 9.17) is 0 Å². The lowest BCUT2D eigenvalue weighted by atomic mass is 9.99. The third kappa shape index (κ3) is 1.77. The maximum absolute atomic E-state index is 11.7. The highest BCUT2D eigenvalue weighted by Gasteiger charge is 2.33. The minimum absolute atomic E-state index is 0.0197. The van der Waals surface area contributed by atoms with Gasteiger partial charge in [-0.3, -0.25) is 9.78 Å². The van der Waals surface area contributed by atoms with Crippen LogP contribution in [0.15, 0.2) is 24.4 Å². The summed E-state index contributed by atoms with van der Waals surface area (Å²) in [5.41, 5.74) is 0.902. The zero-order chi connectivity index (χ0) is 9.26. The van der Waals surface area contributed by atoms with Crippen LogP contribution in [0.25, 0.3) is 0 Å². The van der Waals surface area contributed by atoms with Gasteiger partial charge in [0.25, 0.3) is 0 Å². The summed E-state index contributed by atoms with van der Waals surface area (Å²) in [6.07, 6.45) is 3.90. The summed E-state index contributed by atoms with van der Waals surface area (Å²) >= 11 is 0. The number of aromatic nitrogens is 1. The number of hydrogen-bond acceptors (Lipinski definition) is 2. The van der Waals surface area contributed by atoms with Crippen LogP contribution in [0.1, 0.15) is 31.4 Å². The molecule has 0 radical (unpaired) electrons. The highest BCUT2D eigenvalue weighted by Crippen LogP contribution is 2.34. The van der Waals surface area contributed by atoms with E-state index < -0.39 is 0 Å². The van der Waals surface area contributed by atoms with Crippen molar-refractivity contribution in [2.45, 2.75) is 25.7 Å². The minimum Gasteiger partial charge on any atom is -0.299 e. The van der Waals surface area contributed by atoms with Crippen molar-refractivity contribution in [3.05, 3.63) is 30.1 Å². The molecule has 68 valence electrons. The first kappa shape index (κ1) is 8.42. The van der Waals surface area contributed by atoms with Crippen molar-refractivity contribution in [2.24, 2.45) is 5.92 Å². The molecule has 2 nitrogen and oxygen atoms in total. The van der Waals surface area contributed by atoms with E-state index in [1.54, 1.807) is 6.20 Å². The number of Topliss-reactive ketones (excluding diaryl/α,β-unsaturated/α-hetero) is 1. The standard InChI is InChI=1S/C11H13NO/c1-8(11(13)9-5-6-9)10-4-2-3-7-12-10/h2-4,7-9H,5-6H2,1H3. The first-order valence-corrected chi connectivity index (χ1v) is 4.73. The van der Waals surface area contributed by atoms with Gasteiger partial charge in [-0.2, -0.15) is 0 Å². The Bertz CT molecular complexity index is 303. The molecule has 1 atom stereocenters. The van der Waals surface area contributed by atoms with Gasteiger partial charge >= 0.3 is 0 Å². The summed E-state index contributed by atoms with van der Waals surface area (Å²) in [4.78, 5) is 15.9. The van der Waals surface area contributed by atoms with Crippen LogP contribution in [0, 0.1) is 5.92 Å². The van der Waals surface area contributed by atoms with Crippen LogP contribution in [0.5, 0.6) is 0 Å². The molecule has 2 rings (SSSR count). The molecule has 0 saturated heterocycles. The molecule has 0 N–H and O–H groups in total. The Hall–Kier alpha value is -1.18. The maximum atomic E-state index is 11.7. The summed E-state index contributed by atoms with van der Waals surface area (Å²) in [5, 5.41) is 0. The van der Waals surface area contributed by atoms with E-state index >= 15 is 0 Å². The van der Waals surface area contributed by atoms with Gasteiger partial charge in [0.15, 0.2) is 0 Å². The molecule has 1 aliphatic carbocycles. The van der Waals surface area contributed by atoms with Crippen LogP contribution in [0.3, 0.4) is 0 Å². The fraction of sp³-hybridized carbons (Fsp3) is 0.455. The van der Waals surface area contributed by atoms with Crippen LogP contribution in [-0.4, -0.2) is 10.8 Å². The van der Waals surface area contributed by atoms with Gasteiger partial charge in [-0.15, -0.1) is 0 Å². The van der Waals surface area contributed by atoms with Crippen LogP contribution in [0.4, 0.5) is 0 Å². The topological polar surface area (TPSA) is 30.0 Å². The fourth-order valence-corrected chi connectivity index (χ4v) is 1.50. The summed E-state index contributed by atoms with van der Waals surface area (Å²) in [6, 6.07) is 5.72. The molecular formula is C11H13NO. The second kappa shape index (κ2) is 3.29. The van der Waals surface area contributed by atoms with Crippen molar-refractivity contribution in [3.63, 3.8) is 0 Å². The molecular weight excluding hydrogens is 162 g/mol. The number of ketones is 1. The van der Waals surface area contributed by atoms with Crippen molar-refractivity contribution in [1.29, 1.82) is 0 Å². The maximum Gasteiger partial charge on any atom is 0.144 e. The minimum atomic E-state index is -0.0197. The van der Waals surface area contributed by atoms with Gasteiger partial charge in [0.1, 0.15) is 5.78 Å². The predicted molar refractivity (Wildman–Crippen MR) is 50.4 cm³/mol. The fourth-order valence-electron chi connectivity index (χ4n) is 1.50. The molecule has 1 unspecified atom stereocenters. The Labute approximate surface area is 78.0 Å². The van der Waals surface area contributed by atoms with E-state index in [0.717, 1.165) is 18.5 Å². The second-order valence-corrected chi connectivity index (χ2v) is 3.65. The van der Waals surface area contributed by atoms with Crippen molar-refractivity contribution in [1.82, 2.24) is 4.98 Å². The van der Waals surface area contributed by atoms with E-state index in [1.165, 1.54) is 0 Å². The highest BCUT2D eigenvalue weighted by molar-refractivity contribution is 5.88. The Morgan fingerprint density at radius 3 is 2.85 bits per heavy atom. The molecule has 1 saturated carbocycles. The summed E-state index contributed by atoms with van der Waals surface area (Å²) in [5.74, 6) is 0.671. The van der Waals surface area contributed by atoms with Gasteiger partial charge in [0.2, 0.25) is 0 Å². The van der Waals surface area contributed by atoms with E-state index in [9.17, 15) is 4.79 Å². The second-order valence-electron chi connectivity index (χ2n) is 3.65. The number of carbonyl (C=O) groups is 1. The van der Waals surface area contributed by atoms with Gasteiger partial charge in [-0.25, -0.2) is 0 Å². The molecule has 0 bridgehead atoms. The third-order valence-electron chi connectivity index (χ3n) is 2.54. The molecule has 1 fully saturated rings. The molecule has 1 heterocycles. The van der Waals surface area contributed by atoms with Crippen molar-refractivity contribution < 1.29 is 4.79 Å². The quantitative estimate of drug-likeness (QED) is 0.704. The van der Waals surface area contributed by atoms with Crippen LogP contribution >= 0.6 is 0 Å². The molecule has 13 heavy (non-hydrogen) atoms.